The maximum Gasteiger partial charge on any atom is 0.350 e. The molecule has 0 aliphatic heterocycles. The van der Waals surface area contributed by atoms with E-state index in [2.05, 4.69) is 15.4 Å². The SMILES string of the molecule is Cc1nc(-c2ccc(Cl)cc2)sc1C(=O)OCC(=O)Nc1c(C)nn(C)c1C. The van der Waals surface area contributed by atoms with Gasteiger partial charge in [0, 0.05) is 17.6 Å². The first-order valence-electron chi connectivity index (χ1n) is 8.46. The quantitative estimate of drug-likeness (QED) is 0.634. The van der Waals surface area contributed by atoms with Crippen LogP contribution in [0.2, 0.25) is 5.02 Å². The van der Waals surface area contributed by atoms with Gasteiger partial charge in [0.1, 0.15) is 9.88 Å². The average molecular weight is 419 g/mol. The molecule has 2 heterocycles. The molecule has 1 amide bonds. The molecule has 28 heavy (non-hydrogen) atoms. The lowest BCUT2D eigenvalue weighted by Crippen LogP contribution is -2.21. The van der Waals surface area contributed by atoms with E-state index in [4.69, 9.17) is 16.3 Å². The molecule has 0 saturated heterocycles. The van der Waals surface area contributed by atoms with Gasteiger partial charge in [-0.25, -0.2) is 9.78 Å². The summed E-state index contributed by atoms with van der Waals surface area (Å²) in [5, 5.41) is 8.28. The van der Waals surface area contributed by atoms with E-state index in [1.807, 2.05) is 19.1 Å². The van der Waals surface area contributed by atoms with Crippen molar-refractivity contribution in [2.45, 2.75) is 20.8 Å². The van der Waals surface area contributed by atoms with Gasteiger partial charge >= 0.3 is 5.97 Å². The van der Waals surface area contributed by atoms with E-state index in [-0.39, 0.29) is 6.61 Å². The van der Waals surface area contributed by atoms with Crippen LogP contribution in [0.3, 0.4) is 0 Å². The van der Waals surface area contributed by atoms with Crippen LogP contribution in [0.5, 0.6) is 0 Å². The molecule has 146 valence electrons. The van der Waals surface area contributed by atoms with Gasteiger partial charge in [0.15, 0.2) is 6.61 Å². The number of hydrogen-bond donors (Lipinski definition) is 1. The molecule has 0 unspecified atom stereocenters. The number of esters is 1. The Hall–Kier alpha value is -2.71. The van der Waals surface area contributed by atoms with Gasteiger partial charge in [-0.1, -0.05) is 23.7 Å². The van der Waals surface area contributed by atoms with Crippen molar-refractivity contribution in [3.05, 3.63) is 51.2 Å². The number of nitrogens with one attached hydrogen (secondary N) is 1. The summed E-state index contributed by atoms with van der Waals surface area (Å²) >= 11 is 7.12. The summed E-state index contributed by atoms with van der Waals surface area (Å²) in [6.45, 7) is 4.99. The van der Waals surface area contributed by atoms with Crippen molar-refractivity contribution in [1.29, 1.82) is 0 Å². The number of aromatic nitrogens is 3. The Balaban J connectivity index is 1.65. The first-order valence-corrected chi connectivity index (χ1v) is 9.66. The van der Waals surface area contributed by atoms with Crippen molar-refractivity contribution in [2.75, 3.05) is 11.9 Å². The molecular weight excluding hydrogens is 400 g/mol. The second-order valence-corrected chi connectivity index (χ2v) is 7.67. The second kappa shape index (κ2) is 8.12. The summed E-state index contributed by atoms with van der Waals surface area (Å²) in [6.07, 6.45) is 0. The predicted molar refractivity (Wildman–Crippen MR) is 109 cm³/mol. The zero-order valence-electron chi connectivity index (χ0n) is 15.9. The van der Waals surface area contributed by atoms with Gasteiger partial charge in [-0.15, -0.1) is 11.3 Å². The van der Waals surface area contributed by atoms with Crippen LogP contribution in [0.4, 0.5) is 5.69 Å². The Morgan fingerprint density at radius 1 is 1.18 bits per heavy atom. The van der Waals surface area contributed by atoms with Crippen LogP contribution in [0, 0.1) is 20.8 Å². The molecule has 1 aromatic carbocycles. The molecule has 1 N–H and O–H groups in total. The summed E-state index contributed by atoms with van der Waals surface area (Å²) in [6, 6.07) is 7.19. The number of amides is 1. The number of ether oxygens (including phenoxy) is 1. The van der Waals surface area contributed by atoms with E-state index < -0.39 is 11.9 Å². The van der Waals surface area contributed by atoms with Crippen molar-refractivity contribution in [3.63, 3.8) is 0 Å². The summed E-state index contributed by atoms with van der Waals surface area (Å²) in [4.78, 5) is 29.3. The molecule has 0 spiro atoms. The molecule has 0 atom stereocenters. The van der Waals surface area contributed by atoms with E-state index in [1.54, 1.807) is 37.7 Å². The standard InChI is InChI=1S/C19H19ClN4O3S/c1-10-16(12(3)24(4)23-10)22-15(25)9-27-19(26)17-11(2)21-18(28-17)13-5-7-14(20)8-6-13/h5-8H,9H2,1-4H3,(H,22,25). The molecule has 0 saturated carbocycles. The minimum Gasteiger partial charge on any atom is -0.451 e. The summed E-state index contributed by atoms with van der Waals surface area (Å²) in [5.41, 5.74) is 3.56. The highest BCUT2D eigenvalue weighted by atomic mass is 35.5. The Morgan fingerprint density at radius 3 is 2.46 bits per heavy atom. The molecule has 0 aliphatic rings. The normalized spacial score (nSPS) is 10.8. The lowest BCUT2D eigenvalue weighted by Gasteiger charge is -2.06. The van der Waals surface area contributed by atoms with Gasteiger partial charge in [-0.05, 0) is 32.9 Å². The highest BCUT2D eigenvalue weighted by molar-refractivity contribution is 7.17. The fourth-order valence-electron chi connectivity index (χ4n) is 2.63. The van der Waals surface area contributed by atoms with Crippen LogP contribution >= 0.6 is 22.9 Å². The average Bonchev–Trinajstić information content (AvgIpc) is 3.15. The van der Waals surface area contributed by atoms with Crippen molar-refractivity contribution in [2.24, 2.45) is 7.05 Å². The molecular formula is C19H19ClN4O3S. The zero-order chi connectivity index (χ0) is 20.4. The van der Waals surface area contributed by atoms with Gasteiger partial charge in [-0.3, -0.25) is 9.48 Å². The number of rotatable bonds is 5. The number of carbonyl (C=O) groups excluding carboxylic acids is 2. The van der Waals surface area contributed by atoms with Gasteiger partial charge < -0.3 is 10.1 Å². The lowest BCUT2D eigenvalue weighted by molar-refractivity contribution is -0.119. The second-order valence-electron chi connectivity index (χ2n) is 6.23. The number of hydrogen-bond acceptors (Lipinski definition) is 6. The summed E-state index contributed by atoms with van der Waals surface area (Å²) in [7, 11) is 1.79. The topological polar surface area (TPSA) is 86.1 Å². The number of aryl methyl sites for hydroxylation is 3. The fraction of sp³-hybridized carbons (Fsp3) is 0.263. The van der Waals surface area contributed by atoms with Crippen LogP contribution < -0.4 is 5.32 Å². The predicted octanol–water partition coefficient (Wildman–Crippen LogP) is 3.92. The monoisotopic (exact) mass is 418 g/mol. The van der Waals surface area contributed by atoms with E-state index in [9.17, 15) is 9.59 Å². The number of nitrogens with zero attached hydrogens (tertiary/aromatic N) is 3. The molecule has 9 heteroatoms. The molecule has 3 aromatic rings. The van der Waals surface area contributed by atoms with Crippen LogP contribution in [0.15, 0.2) is 24.3 Å². The molecule has 7 nitrogen and oxygen atoms in total. The van der Waals surface area contributed by atoms with Crippen molar-refractivity contribution in [3.8, 4) is 10.6 Å². The van der Waals surface area contributed by atoms with Crippen LogP contribution in [-0.4, -0.2) is 33.2 Å². The lowest BCUT2D eigenvalue weighted by atomic mass is 10.2. The first-order chi connectivity index (χ1) is 13.3. The summed E-state index contributed by atoms with van der Waals surface area (Å²) in [5.74, 6) is -1.00. The highest BCUT2D eigenvalue weighted by Gasteiger charge is 2.19. The Kier molecular flexibility index (Phi) is 5.81. The highest BCUT2D eigenvalue weighted by Crippen LogP contribution is 2.29. The van der Waals surface area contributed by atoms with Crippen molar-refractivity contribution >= 4 is 40.5 Å². The molecule has 0 radical (unpaired) electrons. The third-order valence-corrected chi connectivity index (χ3v) is 5.62. The maximum atomic E-state index is 12.4. The molecule has 3 rings (SSSR count). The van der Waals surface area contributed by atoms with E-state index in [0.29, 0.717) is 32.0 Å². The van der Waals surface area contributed by atoms with Crippen LogP contribution in [-0.2, 0) is 16.6 Å². The number of anilines is 1. The van der Waals surface area contributed by atoms with Gasteiger partial charge in [-0.2, -0.15) is 5.10 Å². The van der Waals surface area contributed by atoms with E-state index in [1.165, 1.54) is 11.3 Å². The molecule has 0 fully saturated rings. The van der Waals surface area contributed by atoms with Gasteiger partial charge in [0.05, 0.1) is 22.8 Å². The largest absolute Gasteiger partial charge is 0.451 e. The summed E-state index contributed by atoms with van der Waals surface area (Å²) < 4.78 is 6.85. The van der Waals surface area contributed by atoms with Crippen LogP contribution in [0.25, 0.3) is 10.6 Å². The van der Waals surface area contributed by atoms with Crippen molar-refractivity contribution < 1.29 is 14.3 Å². The van der Waals surface area contributed by atoms with Gasteiger partial charge in [0.2, 0.25) is 0 Å². The van der Waals surface area contributed by atoms with Crippen molar-refractivity contribution in [1.82, 2.24) is 14.8 Å². The Bertz CT molecular complexity index is 1040. The third-order valence-electron chi connectivity index (χ3n) is 4.18. The van der Waals surface area contributed by atoms with E-state index in [0.717, 1.165) is 11.3 Å². The minimum absolute atomic E-state index is 0.367. The smallest absolute Gasteiger partial charge is 0.350 e. The fourth-order valence-corrected chi connectivity index (χ4v) is 3.72. The number of carbonyl (C=O) groups is 2. The Morgan fingerprint density at radius 2 is 1.86 bits per heavy atom. The number of halogens is 1. The van der Waals surface area contributed by atoms with Gasteiger partial charge in [0.25, 0.3) is 5.91 Å². The minimum atomic E-state index is -0.579. The molecule has 0 bridgehead atoms. The van der Waals surface area contributed by atoms with Crippen LogP contribution in [0.1, 0.15) is 26.8 Å². The maximum absolute atomic E-state index is 12.4. The Labute approximate surface area is 171 Å². The third kappa shape index (κ3) is 4.23. The van der Waals surface area contributed by atoms with E-state index >= 15 is 0 Å². The first kappa shape index (κ1) is 20.0. The number of benzene rings is 1. The number of thiazole rings is 1. The molecule has 2 aromatic heterocycles. The molecule has 0 aliphatic carbocycles. The zero-order valence-corrected chi connectivity index (χ0v) is 17.4.